The molecule has 0 N–H and O–H groups in total. The van der Waals surface area contributed by atoms with Crippen LogP contribution in [0.25, 0.3) is 10.6 Å². The molecule has 0 aliphatic rings. The summed E-state index contributed by atoms with van der Waals surface area (Å²) in [6, 6.07) is 12.8. The van der Waals surface area contributed by atoms with Crippen LogP contribution in [0.15, 0.2) is 53.9 Å². The number of carbonyl (C=O) groups excluding carboxylic acids is 1. The Balaban J connectivity index is 1.63. The number of rotatable bonds is 5. The van der Waals surface area contributed by atoms with Crippen molar-refractivity contribution in [1.29, 1.82) is 0 Å². The molecular formula is C18H14FNO3S. The van der Waals surface area contributed by atoms with Gasteiger partial charge in [-0.1, -0.05) is 0 Å². The summed E-state index contributed by atoms with van der Waals surface area (Å²) in [6.45, 7) is 0.0723. The summed E-state index contributed by atoms with van der Waals surface area (Å²) in [7, 11) is 1.62. The molecule has 0 fully saturated rings. The number of thiazole rings is 1. The maximum atomic E-state index is 12.8. The second kappa shape index (κ2) is 7.23. The van der Waals surface area contributed by atoms with Crippen LogP contribution >= 0.6 is 11.3 Å². The van der Waals surface area contributed by atoms with Crippen molar-refractivity contribution in [3.05, 3.63) is 71.0 Å². The molecule has 0 saturated heterocycles. The molecule has 0 spiro atoms. The molecule has 0 amide bonds. The Hall–Kier alpha value is -2.73. The highest BCUT2D eigenvalue weighted by atomic mass is 32.1. The molecule has 4 nitrogen and oxygen atoms in total. The maximum absolute atomic E-state index is 12.8. The molecule has 6 heteroatoms. The van der Waals surface area contributed by atoms with E-state index in [0.29, 0.717) is 11.3 Å². The lowest BCUT2D eigenvalue weighted by Gasteiger charge is -2.03. The fourth-order valence-corrected chi connectivity index (χ4v) is 2.86. The van der Waals surface area contributed by atoms with E-state index in [1.165, 1.54) is 35.6 Å². The lowest BCUT2D eigenvalue weighted by molar-refractivity contribution is 0.0468. The number of methoxy groups -OCH3 is 1. The quantitative estimate of drug-likeness (QED) is 0.648. The molecular weight excluding hydrogens is 329 g/mol. The SMILES string of the molecule is COc1ccc(-c2nc(COC(=O)c3ccc(F)cc3)cs2)cc1. The van der Waals surface area contributed by atoms with E-state index in [0.717, 1.165) is 16.3 Å². The summed E-state index contributed by atoms with van der Waals surface area (Å²) in [6.07, 6.45) is 0. The van der Waals surface area contributed by atoms with Gasteiger partial charge in [-0.05, 0) is 48.5 Å². The number of aromatic nitrogens is 1. The Labute approximate surface area is 142 Å². The van der Waals surface area contributed by atoms with Gasteiger partial charge in [0.1, 0.15) is 23.2 Å². The van der Waals surface area contributed by atoms with Gasteiger partial charge in [-0.2, -0.15) is 0 Å². The Morgan fingerprint density at radius 1 is 1.12 bits per heavy atom. The van der Waals surface area contributed by atoms with Crippen LogP contribution in [0.3, 0.4) is 0 Å². The van der Waals surface area contributed by atoms with E-state index >= 15 is 0 Å². The number of carbonyl (C=O) groups is 1. The van der Waals surface area contributed by atoms with Gasteiger partial charge in [0.05, 0.1) is 18.4 Å². The highest BCUT2D eigenvalue weighted by Gasteiger charge is 2.10. The predicted octanol–water partition coefficient (Wildman–Crippen LogP) is 4.31. The Bertz CT molecular complexity index is 828. The molecule has 0 aliphatic heterocycles. The average Bonchev–Trinajstić information content (AvgIpc) is 3.09. The monoisotopic (exact) mass is 343 g/mol. The third kappa shape index (κ3) is 3.78. The van der Waals surface area contributed by atoms with Crippen molar-refractivity contribution in [3.63, 3.8) is 0 Å². The van der Waals surface area contributed by atoms with Crippen LogP contribution in [0.2, 0.25) is 0 Å². The predicted molar refractivity (Wildman–Crippen MR) is 89.6 cm³/mol. The third-order valence-corrected chi connectivity index (χ3v) is 4.26. The van der Waals surface area contributed by atoms with E-state index in [1.807, 2.05) is 29.6 Å². The minimum absolute atomic E-state index is 0.0723. The van der Waals surface area contributed by atoms with E-state index in [-0.39, 0.29) is 6.61 Å². The molecule has 3 aromatic rings. The van der Waals surface area contributed by atoms with Crippen molar-refractivity contribution in [1.82, 2.24) is 4.98 Å². The number of nitrogens with zero attached hydrogens (tertiary/aromatic N) is 1. The summed E-state index contributed by atoms with van der Waals surface area (Å²) in [5, 5.41) is 2.68. The normalized spacial score (nSPS) is 10.4. The van der Waals surface area contributed by atoms with Crippen LogP contribution < -0.4 is 4.74 Å². The van der Waals surface area contributed by atoms with Crippen LogP contribution in [-0.2, 0) is 11.3 Å². The zero-order valence-electron chi connectivity index (χ0n) is 12.9. The molecule has 0 bridgehead atoms. The number of ether oxygens (including phenoxy) is 2. The number of benzene rings is 2. The highest BCUT2D eigenvalue weighted by molar-refractivity contribution is 7.13. The molecule has 0 saturated carbocycles. The lowest BCUT2D eigenvalue weighted by atomic mass is 10.2. The van der Waals surface area contributed by atoms with Gasteiger partial charge in [0.25, 0.3) is 0 Å². The average molecular weight is 343 g/mol. The summed E-state index contributed by atoms with van der Waals surface area (Å²) in [5.41, 5.74) is 1.94. The lowest BCUT2D eigenvalue weighted by Crippen LogP contribution is -2.05. The fourth-order valence-electron chi connectivity index (χ4n) is 2.05. The van der Waals surface area contributed by atoms with E-state index in [9.17, 15) is 9.18 Å². The first-order valence-corrected chi connectivity index (χ1v) is 8.05. The fraction of sp³-hybridized carbons (Fsp3) is 0.111. The van der Waals surface area contributed by atoms with Crippen molar-refractivity contribution >= 4 is 17.3 Å². The molecule has 0 aliphatic carbocycles. The molecule has 0 unspecified atom stereocenters. The number of esters is 1. The first-order chi connectivity index (χ1) is 11.7. The maximum Gasteiger partial charge on any atom is 0.338 e. The first kappa shape index (κ1) is 16.1. The molecule has 2 aromatic carbocycles. The molecule has 1 aromatic heterocycles. The van der Waals surface area contributed by atoms with Crippen molar-refractivity contribution in [2.45, 2.75) is 6.61 Å². The van der Waals surface area contributed by atoms with Crippen LogP contribution in [0.5, 0.6) is 5.75 Å². The topological polar surface area (TPSA) is 48.4 Å². The first-order valence-electron chi connectivity index (χ1n) is 7.17. The van der Waals surface area contributed by atoms with Crippen LogP contribution in [0.4, 0.5) is 4.39 Å². The van der Waals surface area contributed by atoms with Crippen LogP contribution in [-0.4, -0.2) is 18.1 Å². The molecule has 0 atom stereocenters. The van der Waals surface area contributed by atoms with Gasteiger partial charge in [-0.25, -0.2) is 14.2 Å². The number of hydrogen-bond acceptors (Lipinski definition) is 5. The van der Waals surface area contributed by atoms with Gasteiger partial charge in [-0.15, -0.1) is 11.3 Å². The van der Waals surface area contributed by atoms with Crippen molar-refractivity contribution < 1.29 is 18.7 Å². The van der Waals surface area contributed by atoms with E-state index in [2.05, 4.69) is 4.98 Å². The standard InChI is InChI=1S/C18H14FNO3S/c1-22-16-8-4-12(5-9-16)17-20-15(11-24-17)10-23-18(21)13-2-6-14(19)7-3-13/h2-9,11H,10H2,1H3. The zero-order valence-corrected chi connectivity index (χ0v) is 13.7. The van der Waals surface area contributed by atoms with Crippen molar-refractivity contribution in [2.24, 2.45) is 0 Å². The van der Waals surface area contributed by atoms with Crippen molar-refractivity contribution in [2.75, 3.05) is 7.11 Å². The Morgan fingerprint density at radius 2 is 1.83 bits per heavy atom. The molecule has 24 heavy (non-hydrogen) atoms. The summed E-state index contributed by atoms with van der Waals surface area (Å²) in [4.78, 5) is 16.3. The highest BCUT2D eigenvalue weighted by Crippen LogP contribution is 2.26. The molecule has 3 rings (SSSR count). The van der Waals surface area contributed by atoms with Gasteiger partial charge in [-0.3, -0.25) is 0 Å². The van der Waals surface area contributed by atoms with Crippen molar-refractivity contribution in [3.8, 4) is 16.3 Å². The van der Waals surface area contributed by atoms with Crippen LogP contribution in [0.1, 0.15) is 16.1 Å². The van der Waals surface area contributed by atoms with Gasteiger partial charge >= 0.3 is 5.97 Å². The zero-order chi connectivity index (χ0) is 16.9. The second-order valence-corrected chi connectivity index (χ2v) is 5.81. The molecule has 0 radical (unpaired) electrons. The largest absolute Gasteiger partial charge is 0.497 e. The Morgan fingerprint density at radius 3 is 2.50 bits per heavy atom. The third-order valence-electron chi connectivity index (χ3n) is 3.32. The van der Waals surface area contributed by atoms with E-state index in [4.69, 9.17) is 9.47 Å². The van der Waals surface area contributed by atoms with Gasteiger partial charge in [0.2, 0.25) is 0 Å². The van der Waals surface area contributed by atoms with Gasteiger partial charge < -0.3 is 9.47 Å². The van der Waals surface area contributed by atoms with Gasteiger partial charge in [0, 0.05) is 10.9 Å². The van der Waals surface area contributed by atoms with Gasteiger partial charge in [0.15, 0.2) is 0 Å². The Kier molecular flexibility index (Phi) is 4.86. The van der Waals surface area contributed by atoms with E-state index in [1.54, 1.807) is 7.11 Å². The molecule has 122 valence electrons. The van der Waals surface area contributed by atoms with E-state index < -0.39 is 11.8 Å². The summed E-state index contributed by atoms with van der Waals surface area (Å²) in [5.74, 6) is -0.118. The minimum atomic E-state index is -0.506. The van der Waals surface area contributed by atoms with Crippen LogP contribution in [0, 0.1) is 5.82 Å². The summed E-state index contributed by atoms with van der Waals surface area (Å²) >= 11 is 1.47. The minimum Gasteiger partial charge on any atom is -0.497 e. The summed E-state index contributed by atoms with van der Waals surface area (Å²) < 4.78 is 23.2. The molecule has 1 heterocycles. The smallest absolute Gasteiger partial charge is 0.338 e. The number of halogens is 1. The second-order valence-electron chi connectivity index (χ2n) is 4.96. The number of hydrogen-bond donors (Lipinski definition) is 0.